The summed E-state index contributed by atoms with van der Waals surface area (Å²) in [6.07, 6.45) is 2.63. The molecule has 0 amide bonds. The predicted octanol–water partition coefficient (Wildman–Crippen LogP) is 3.92. The Bertz CT molecular complexity index is 466. The lowest BCUT2D eigenvalue weighted by Crippen LogP contribution is -2.40. The molecule has 1 aliphatic heterocycles. The minimum Gasteiger partial charge on any atom is -0.369 e. The Hall–Kier alpha value is -0.380. The first kappa shape index (κ1) is 14.6. The summed E-state index contributed by atoms with van der Waals surface area (Å²) in [6.45, 7) is 7.74. The minimum atomic E-state index is 0.689. The van der Waals surface area contributed by atoms with Crippen LogP contribution < -0.4 is 10.2 Å². The van der Waals surface area contributed by atoms with Gasteiger partial charge in [-0.25, -0.2) is 0 Å². The fourth-order valence-corrected chi connectivity index (χ4v) is 4.37. The lowest BCUT2D eigenvalue weighted by atomic mass is 10.1. The second-order valence-corrected chi connectivity index (χ2v) is 8.38. The Morgan fingerprint density at radius 1 is 1.25 bits per heavy atom. The molecule has 2 atom stereocenters. The number of thioether (sulfide) groups is 1. The predicted molar refractivity (Wildman–Crippen MR) is 90.0 cm³/mol. The zero-order chi connectivity index (χ0) is 14.1. The number of nitrogens with one attached hydrogen (secondary N) is 1. The average molecular weight is 311 g/mol. The lowest BCUT2D eigenvalue weighted by molar-refractivity contribution is 0.687. The lowest BCUT2D eigenvalue weighted by Gasteiger charge is -2.36. The number of nitrogens with zero attached hydrogens (tertiary/aromatic N) is 1. The molecule has 0 bridgehead atoms. The van der Waals surface area contributed by atoms with E-state index in [4.69, 9.17) is 11.6 Å². The topological polar surface area (TPSA) is 15.3 Å². The molecular formula is C16H23ClN2S. The maximum Gasteiger partial charge on any atom is 0.0471 e. The van der Waals surface area contributed by atoms with Crippen LogP contribution in [0.5, 0.6) is 0 Å². The van der Waals surface area contributed by atoms with Crippen molar-refractivity contribution in [2.24, 2.45) is 0 Å². The molecule has 20 heavy (non-hydrogen) atoms. The van der Waals surface area contributed by atoms with E-state index in [-0.39, 0.29) is 0 Å². The normalized spacial score (nSPS) is 26.9. The highest BCUT2D eigenvalue weighted by Gasteiger charge is 2.23. The molecule has 1 aromatic carbocycles. The maximum atomic E-state index is 6.45. The molecule has 4 heteroatoms. The SMILES string of the molecule is CC1CN(c2ccc(CNC3CC3)c(Cl)c2)CC(C)S1. The molecule has 1 N–H and O–H groups in total. The van der Waals surface area contributed by atoms with Crippen molar-refractivity contribution in [2.45, 2.75) is 49.8 Å². The largest absolute Gasteiger partial charge is 0.369 e. The Labute approximate surface area is 131 Å². The van der Waals surface area contributed by atoms with Crippen LogP contribution in [0.15, 0.2) is 18.2 Å². The van der Waals surface area contributed by atoms with Crippen LogP contribution in [0.3, 0.4) is 0 Å². The first-order valence-corrected chi connectivity index (χ1v) is 8.86. The van der Waals surface area contributed by atoms with Crippen LogP contribution in [0.2, 0.25) is 5.02 Å². The summed E-state index contributed by atoms with van der Waals surface area (Å²) in [4.78, 5) is 2.47. The van der Waals surface area contributed by atoms with Gasteiger partial charge in [0.15, 0.2) is 0 Å². The monoisotopic (exact) mass is 310 g/mol. The van der Waals surface area contributed by atoms with Crippen molar-refractivity contribution in [3.8, 4) is 0 Å². The molecule has 0 aromatic heterocycles. The molecule has 2 aliphatic rings. The van der Waals surface area contributed by atoms with Gasteiger partial charge in [0.2, 0.25) is 0 Å². The first-order valence-electron chi connectivity index (χ1n) is 7.54. The van der Waals surface area contributed by atoms with Gasteiger partial charge >= 0.3 is 0 Å². The quantitative estimate of drug-likeness (QED) is 0.907. The zero-order valence-electron chi connectivity index (χ0n) is 12.2. The van der Waals surface area contributed by atoms with Gasteiger partial charge < -0.3 is 10.2 Å². The highest BCUT2D eigenvalue weighted by atomic mass is 35.5. The molecule has 1 aromatic rings. The number of hydrogen-bond donors (Lipinski definition) is 1. The molecule has 2 unspecified atom stereocenters. The number of anilines is 1. The van der Waals surface area contributed by atoms with Crippen LogP contribution in [0.4, 0.5) is 5.69 Å². The summed E-state index contributed by atoms with van der Waals surface area (Å²) in [6, 6.07) is 7.28. The summed E-state index contributed by atoms with van der Waals surface area (Å²) in [5, 5.41) is 5.80. The molecule has 2 nitrogen and oxygen atoms in total. The molecule has 0 radical (unpaired) electrons. The number of hydrogen-bond acceptors (Lipinski definition) is 3. The standard InChI is InChI=1S/C16H23ClN2S/c1-11-9-19(10-12(2)20-11)15-6-3-13(16(17)7-15)8-18-14-4-5-14/h3,6-7,11-12,14,18H,4-5,8-10H2,1-2H3. The Balaban J connectivity index is 1.68. The van der Waals surface area contributed by atoms with Gasteiger partial charge in [0.1, 0.15) is 0 Å². The van der Waals surface area contributed by atoms with Gasteiger partial charge in [-0.2, -0.15) is 11.8 Å². The van der Waals surface area contributed by atoms with Crippen LogP contribution >= 0.6 is 23.4 Å². The number of benzene rings is 1. The van der Waals surface area contributed by atoms with Crippen molar-refractivity contribution < 1.29 is 0 Å². The second-order valence-electron chi connectivity index (χ2n) is 6.09. The molecule has 110 valence electrons. The highest BCUT2D eigenvalue weighted by molar-refractivity contribution is 8.00. The van der Waals surface area contributed by atoms with E-state index in [0.29, 0.717) is 10.5 Å². The van der Waals surface area contributed by atoms with Crippen molar-refractivity contribution in [1.29, 1.82) is 0 Å². The van der Waals surface area contributed by atoms with E-state index in [9.17, 15) is 0 Å². The summed E-state index contributed by atoms with van der Waals surface area (Å²) >= 11 is 8.53. The third-order valence-electron chi connectivity index (χ3n) is 3.98. The molecule has 2 fully saturated rings. The second kappa shape index (κ2) is 6.17. The van der Waals surface area contributed by atoms with E-state index in [2.05, 4.69) is 54.0 Å². The van der Waals surface area contributed by atoms with Gasteiger partial charge in [0, 0.05) is 46.9 Å². The fourth-order valence-electron chi connectivity index (χ4n) is 2.81. The zero-order valence-corrected chi connectivity index (χ0v) is 13.8. The van der Waals surface area contributed by atoms with Gasteiger partial charge in [0.25, 0.3) is 0 Å². The van der Waals surface area contributed by atoms with Crippen LogP contribution in [-0.4, -0.2) is 29.6 Å². The van der Waals surface area contributed by atoms with Crippen molar-refractivity contribution in [3.05, 3.63) is 28.8 Å². The summed E-state index contributed by atoms with van der Waals surface area (Å²) in [5.74, 6) is 0. The number of rotatable bonds is 4. The van der Waals surface area contributed by atoms with E-state index in [1.807, 2.05) is 0 Å². The van der Waals surface area contributed by atoms with Crippen LogP contribution in [0, 0.1) is 0 Å². The van der Waals surface area contributed by atoms with Gasteiger partial charge in [-0.3, -0.25) is 0 Å². The van der Waals surface area contributed by atoms with Crippen LogP contribution in [0.25, 0.3) is 0 Å². The van der Waals surface area contributed by atoms with E-state index >= 15 is 0 Å². The number of halogens is 1. The van der Waals surface area contributed by atoms with Crippen molar-refractivity contribution in [3.63, 3.8) is 0 Å². The van der Waals surface area contributed by atoms with E-state index < -0.39 is 0 Å². The molecule has 1 heterocycles. The first-order chi connectivity index (χ1) is 9.61. The van der Waals surface area contributed by atoms with E-state index in [0.717, 1.165) is 30.7 Å². The van der Waals surface area contributed by atoms with Crippen molar-refractivity contribution in [1.82, 2.24) is 5.32 Å². The fraction of sp³-hybridized carbons (Fsp3) is 0.625. The van der Waals surface area contributed by atoms with Gasteiger partial charge in [-0.05, 0) is 30.5 Å². The molecule has 3 rings (SSSR count). The molecule has 1 saturated heterocycles. The van der Waals surface area contributed by atoms with E-state index in [1.165, 1.54) is 24.1 Å². The van der Waals surface area contributed by atoms with Crippen LogP contribution in [-0.2, 0) is 6.54 Å². The van der Waals surface area contributed by atoms with Crippen LogP contribution in [0.1, 0.15) is 32.3 Å². The third kappa shape index (κ3) is 3.63. The summed E-state index contributed by atoms with van der Waals surface area (Å²) in [5.41, 5.74) is 2.49. The minimum absolute atomic E-state index is 0.689. The average Bonchev–Trinajstić information content (AvgIpc) is 3.20. The van der Waals surface area contributed by atoms with Crippen molar-refractivity contribution in [2.75, 3.05) is 18.0 Å². The van der Waals surface area contributed by atoms with Gasteiger partial charge in [-0.15, -0.1) is 0 Å². The highest BCUT2D eigenvalue weighted by Crippen LogP contribution is 2.31. The van der Waals surface area contributed by atoms with Crippen molar-refractivity contribution >= 4 is 29.1 Å². The summed E-state index contributed by atoms with van der Waals surface area (Å²) < 4.78 is 0. The smallest absolute Gasteiger partial charge is 0.0471 e. The maximum absolute atomic E-state index is 6.45. The molecule has 0 spiro atoms. The van der Waals surface area contributed by atoms with Gasteiger partial charge in [-0.1, -0.05) is 31.5 Å². The third-order valence-corrected chi connectivity index (χ3v) is 5.56. The van der Waals surface area contributed by atoms with E-state index in [1.54, 1.807) is 0 Å². The molecule has 1 aliphatic carbocycles. The Morgan fingerprint density at radius 2 is 1.95 bits per heavy atom. The Morgan fingerprint density at radius 3 is 2.55 bits per heavy atom. The molecule has 1 saturated carbocycles. The van der Waals surface area contributed by atoms with Gasteiger partial charge in [0.05, 0.1) is 0 Å². The summed E-state index contributed by atoms with van der Waals surface area (Å²) in [7, 11) is 0. The molecular weight excluding hydrogens is 288 g/mol. The Kier molecular flexibility index (Phi) is 4.49.